The summed E-state index contributed by atoms with van der Waals surface area (Å²) in [6, 6.07) is 0. The van der Waals surface area contributed by atoms with Crippen LogP contribution in [0, 0.1) is 0 Å². The molecular weight excluding hydrogens is 171 g/mol. The zero-order chi connectivity index (χ0) is 7.33. The molecular formula is C3H5NaO5S. The van der Waals surface area contributed by atoms with Crippen LogP contribution in [0.1, 0.15) is 6.42 Å². The summed E-state index contributed by atoms with van der Waals surface area (Å²) in [4.78, 5) is 9.51. The molecule has 0 amide bonds. The van der Waals surface area contributed by atoms with Crippen molar-refractivity contribution in [2.24, 2.45) is 0 Å². The van der Waals surface area contributed by atoms with E-state index >= 15 is 0 Å². The normalized spacial score (nSPS) is 10.1. The van der Waals surface area contributed by atoms with Gasteiger partial charge in [-0.05, 0) is 0 Å². The third kappa shape index (κ3) is 11.4. The summed E-state index contributed by atoms with van der Waals surface area (Å²) in [7, 11) is -4.61. The molecule has 0 aliphatic heterocycles. The van der Waals surface area contributed by atoms with Gasteiger partial charge in [0.2, 0.25) is 10.4 Å². The Labute approximate surface area is 81.0 Å². The van der Waals surface area contributed by atoms with Gasteiger partial charge in [0.1, 0.15) is 6.29 Å². The second-order valence-corrected chi connectivity index (χ2v) is 2.24. The van der Waals surface area contributed by atoms with Crippen LogP contribution in [0.5, 0.6) is 0 Å². The van der Waals surface area contributed by atoms with Gasteiger partial charge in [-0.3, -0.25) is 4.18 Å². The number of carbonyl (C=O) groups is 1. The molecule has 0 bridgehead atoms. The fourth-order valence-electron chi connectivity index (χ4n) is 0.198. The van der Waals surface area contributed by atoms with Gasteiger partial charge in [0.25, 0.3) is 0 Å². The van der Waals surface area contributed by atoms with Crippen molar-refractivity contribution in [1.29, 1.82) is 0 Å². The number of rotatable bonds is 4. The fraction of sp³-hybridized carbons (Fsp3) is 0.667. The molecule has 0 unspecified atom stereocenters. The van der Waals surface area contributed by atoms with E-state index in [2.05, 4.69) is 4.18 Å². The van der Waals surface area contributed by atoms with Crippen LogP contribution in [0.25, 0.3) is 0 Å². The Morgan fingerprint density at radius 3 is 2.30 bits per heavy atom. The van der Waals surface area contributed by atoms with E-state index in [0.717, 1.165) is 0 Å². The molecule has 0 rings (SSSR count). The summed E-state index contributed by atoms with van der Waals surface area (Å²) in [5.74, 6) is 0. The Morgan fingerprint density at radius 2 is 2.00 bits per heavy atom. The topological polar surface area (TPSA) is 83.5 Å². The van der Waals surface area contributed by atoms with Gasteiger partial charge in [0.05, 0.1) is 6.61 Å². The van der Waals surface area contributed by atoms with Crippen molar-refractivity contribution < 1.29 is 51.5 Å². The maximum atomic E-state index is 9.61. The van der Waals surface area contributed by atoms with Crippen molar-refractivity contribution >= 4 is 16.7 Å². The first-order valence-corrected chi connectivity index (χ1v) is 3.43. The van der Waals surface area contributed by atoms with Gasteiger partial charge < -0.3 is 9.35 Å². The average Bonchev–Trinajstić information content (AvgIpc) is 1.63. The van der Waals surface area contributed by atoms with E-state index < -0.39 is 10.4 Å². The first-order chi connectivity index (χ1) is 4.06. The van der Waals surface area contributed by atoms with Crippen molar-refractivity contribution in [2.45, 2.75) is 6.42 Å². The molecule has 5 nitrogen and oxygen atoms in total. The minimum absolute atomic E-state index is 0. The average molecular weight is 176 g/mol. The standard InChI is InChI=1S/C3H6O5S.Na/c4-2-1-3-8-9(5,6)7;/h2H,1,3H2,(H,5,6,7);/q;+1/p-1. The zero-order valence-electron chi connectivity index (χ0n) is 5.44. The maximum Gasteiger partial charge on any atom is 1.00 e. The quantitative estimate of drug-likeness (QED) is 0.143. The molecule has 7 heteroatoms. The van der Waals surface area contributed by atoms with E-state index in [1.807, 2.05) is 0 Å². The molecule has 0 aromatic rings. The summed E-state index contributed by atoms with van der Waals surface area (Å²) < 4.78 is 32.5. The first kappa shape index (κ1) is 13.2. The summed E-state index contributed by atoms with van der Waals surface area (Å²) in [5.41, 5.74) is 0. The number of carbonyl (C=O) groups excluding carboxylic acids is 1. The smallest absolute Gasteiger partial charge is 0.726 e. The van der Waals surface area contributed by atoms with E-state index in [-0.39, 0.29) is 42.6 Å². The van der Waals surface area contributed by atoms with Gasteiger partial charge in [-0.1, -0.05) is 0 Å². The van der Waals surface area contributed by atoms with Crippen LogP contribution in [0.4, 0.5) is 0 Å². The maximum absolute atomic E-state index is 9.61. The van der Waals surface area contributed by atoms with E-state index in [9.17, 15) is 17.8 Å². The fourth-order valence-corrected chi connectivity index (χ4v) is 0.499. The van der Waals surface area contributed by atoms with Gasteiger partial charge in [0, 0.05) is 6.42 Å². The number of hydrogen-bond donors (Lipinski definition) is 0. The van der Waals surface area contributed by atoms with Crippen LogP contribution in [0.2, 0.25) is 0 Å². The van der Waals surface area contributed by atoms with Crippen molar-refractivity contribution in [3.05, 3.63) is 0 Å². The van der Waals surface area contributed by atoms with E-state index in [1.165, 1.54) is 0 Å². The third-order valence-corrected chi connectivity index (χ3v) is 0.919. The van der Waals surface area contributed by atoms with E-state index in [0.29, 0.717) is 6.29 Å². The second kappa shape index (κ2) is 6.26. The van der Waals surface area contributed by atoms with Crippen LogP contribution in [0.15, 0.2) is 0 Å². The van der Waals surface area contributed by atoms with Crippen LogP contribution < -0.4 is 29.6 Å². The van der Waals surface area contributed by atoms with Gasteiger partial charge in [-0.25, -0.2) is 8.42 Å². The molecule has 0 fully saturated rings. The number of hydrogen-bond acceptors (Lipinski definition) is 5. The Morgan fingerprint density at radius 1 is 1.50 bits per heavy atom. The molecule has 0 N–H and O–H groups in total. The molecule has 0 aromatic heterocycles. The van der Waals surface area contributed by atoms with Crippen LogP contribution in [-0.4, -0.2) is 25.9 Å². The molecule has 0 saturated heterocycles. The molecule has 0 saturated carbocycles. The molecule has 0 aromatic carbocycles. The zero-order valence-corrected chi connectivity index (χ0v) is 8.26. The van der Waals surface area contributed by atoms with Crippen molar-refractivity contribution in [1.82, 2.24) is 0 Å². The molecule has 10 heavy (non-hydrogen) atoms. The third-order valence-electron chi connectivity index (χ3n) is 0.463. The monoisotopic (exact) mass is 176 g/mol. The summed E-state index contributed by atoms with van der Waals surface area (Å²) in [6.07, 6.45) is 0.382. The van der Waals surface area contributed by atoms with Gasteiger partial charge in [-0.15, -0.1) is 0 Å². The Bertz CT molecular complexity index is 173. The van der Waals surface area contributed by atoms with Crippen LogP contribution in [0.3, 0.4) is 0 Å². The predicted octanol–water partition coefficient (Wildman–Crippen LogP) is -3.94. The second-order valence-electron chi connectivity index (χ2n) is 1.19. The molecule has 54 valence electrons. The van der Waals surface area contributed by atoms with E-state index in [1.54, 1.807) is 0 Å². The van der Waals surface area contributed by atoms with Gasteiger partial charge in [-0.2, -0.15) is 0 Å². The summed E-state index contributed by atoms with van der Waals surface area (Å²) in [6.45, 7) is -0.366. The summed E-state index contributed by atoms with van der Waals surface area (Å²) >= 11 is 0. The number of aldehydes is 1. The van der Waals surface area contributed by atoms with Crippen LogP contribution >= 0.6 is 0 Å². The minimum atomic E-state index is -4.61. The molecule has 0 spiro atoms. The van der Waals surface area contributed by atoms with Crippen molar-refractivity contribution in [3.63, 3.8) is 0 Å². The SMILES string of the molecule is O=CCCOS(=O)(=O)[O-].[Na+]. The van der Waals surface area contributed by atoms with E-state index in [4.69, 9.17) is 0 Å². The Kier molecular flexibility index (Phi) is 8.24. The molecule has 0 heterocycles. The summed E-state index contributed by atoms with van der Waals surface area (Å²) in [5, 5.41) is 0. The van der Waals surface area contributed by atoms with Crippen LogP contribution in [-0.2, 0) is 19.4 Å². The molecule has 0 radical (unpaired) electrons. The Balaban J connectivity index is 0. The van der Waals surface area contributed by atoms with Gasteiger partial charge in [0.15, 0.2) is 0 Å². The largest absolute Gasteiger partial charge is 1.00 e. The molecule has 0 aliphatic rings. The first-order valence-electron chi connectivity index (χ1n) is 2.10. The Hall–Kier alpha value is 0.540. The molecule has 0 atom stereocenters. The molecule has 0 aliphatic carbocycles. The van der Waals surface area contributed by atoms with Crippen molar-refractivity contribution in [2.75, 3.05) is 6.61 Å². The predicted molar refractivity (Wildman–Crippen MR) is 26.3 cm³/mol. The van der Waals surface area contributed by atoms with Gasteiger partial charge >= 0.3 is 29.6 Å². The minimum Gasteiger partial charge on any atom is -0.726 e. The van der Waals surface area contributed by atoms with Crippen molar-refractivity contribution in [3.8, 4) is 0 Å².